The van der Waals surface area contributed by atoms with Crippen molar-refractivity contribution in [2.24, 2.45) is 7.05 Å². The van der Waals surface area contributed by atoms with Crippen LogP contribution in [0, 0.1) is 13.8 Å². The lowest BCUT2D eigenvalue weighted by Crippen LogP contribution is -2.48. The molecule has 128 valence electrons. The lowest BCUT2D eigenvalue weighted by Gasteiger charge is -2.27. The second-order valence-electron chi connectivity index (χ2n) is 6.31. The monoisotopic (exact) mass is 328 g/mol. The van der Waals surface area contributed by atoms with Gasteiger partial charge in [-0.05, 0) is 31.5 Å². The minimum Gasteiger partial charge on any atom is -0.496 e. The summed E-state index contributed by atoms with van der Waals surface area (Å²) in [5, 5.41) is 3.19. The van der Waals surface area contributed by atoms with E-state index >= 15 is 0 Å². The Hall–Kier alpha value is -2.11. The van der Waals surface area contributed by atoms with E-state index in [1.165, 1.54) is 0 Å². The lowest BCUT2D eigenvalue weighted by atomic mass is 10.0. The topological polar surface area (TPSA) is 52.5 Å². The Morgan fingerprint density at radius 1 is 1.25 bits per heavy atom. The molecule has 1 fully saturated rings. The van der Waals surface area contributed by atoms with Crippen LogP contribution in [-0.4, -0.2) is 30.9 Å². The first-order chi connectivity index (χ1) is 11.5. The molecule has 0 aliphatic carbocycles. The smallest absolute Gasteiger partial charge is 0.253 e. The maximum Gasteiger partial charge on any atom is 0.253 e. The standard InChI is InChI=1S/C19H24N2O3/c1-12-7-17(13(2)21(3)19(12)22)14-5-6-15(18(8-14)23-4)11-24-16-9-20-10-16/h5-8,16,20H,9-11H2,1-4H3. The van der Waals surface area contributed by atoms with Gasteiger partial charge in [-0.15, -0.1) is 0 Å². The molecule has 1 saturated heterocycles. The van der Waals surface area contributed by atoms with E-state index in [-0.39, 0.29) is 5.56 Å². The predicted octanol–water partition coefficient (Wildman–Crippen LogP) is 2.17. The van der Waals surface area contributed by atoms with Crippen LogP contribution >= 0.6 is 0 Å². The van der Waals surface area contributed by atoms with E-state index in [0.29, 0.717) is 12.7 Å². The first kappa shape index (κ1) is 16.7. The third kappa shape index (κ3) is 3.09. The minimum atomic E-state index is 0.0438. The van der Waals surface area contributed by atoms with Gasteiger partial charge < -0.3 is 19.4 Å². The molecule has 24 heavy (non-hydrogen) atoms. The number of aryl methyl sites for hydroxylation is 1. The fourth-order valence-corrected chi connectivity index (χ4v) is 2.89. The molecule has 0 saturated carbocycles. The molecule has 0 bridgehead atoms. The highest BCUT2D eigenvalue weighted by Gasteiger charge is 2.18. The lowest BCUT2D eigenvalue weighted by molar-refractivity contribution is 0.00682. The first-order valence-electron chi connectivity index (χ1n) is 8.18. The molecule has 0 radical (unpaired) electrons. The zero-order valence-electron chi connectivity index (χ0n) is 14.7. The van der Waals surface area contributed by atoms with Gasteiger partial charge in [0.05, 0.1) is 19.8 Å². The van der Waals surface area contributed by atoms with Crippen LogP contribution in [0.2, 0.25) is 0 Å². The first-order valence-corrected chi connectivity index (χ1v) is 8.18. The number of hydrogen-bond donors (Lipinski definition) is 1. The maximum absolute atomic E-state index is 12.0. The van der Waals surface area contributed by atoms with Crippen LogP contribution in [-0.2, 0) is 18.4 Å². The highest BCUT2D eigenvalue weighted by atomic mass is 16.5. The van der Waals surface area contributed by atoms with Crippen LogP contribution in [0.4, 0.5) is 0 Å². The van der Waals surface area contributed by atoms with Crippen molar-refractivity contribution in [1.82, 2.24) is 9.88 Å². The van der Waals surface area contributed by atoms with Gasteiger partial charge in [0.1, 0.15) is 5.75 Å². The molecule has 0 unspecified atom stereocenters. The molecule has 3 rings (SSSR count). The number of nitrogens with one attached hydrogen (secondary N) is 1. The van der Waals surface area contributed by atoms with Crippen LogP contribution < -0.4 is 15.6 Å². The van der Waals surface area contributed by atoms with Crippen molar-refractivity contribution in [3.63, 3.8) is 0 Å². The van der Waals surface area contributed by atoms with Crippen LogP contribution in [0.3, 0.4) is 0 Å². The summed E-state index contributed by atoms with van der Waals surface area (Å²) in [6.07, 6.45) is 0.294. The average Bonchev–Trinajstić information content (AvgIpc) is 2.55. The van der Waals surface area contributed by atoms with Gasteiger partial charge in [0.15, 0.2) is 0 Å². The van der Waals surface area contributed by atoms with Gasteiger partial charge in [-0.3, -0.25) is 4.79 Å². The van der Waals surface area contributed by atoms with Crippen LogP contribution in [0.15, 0.2) is 29.1 Å². The average molecular weight is 328 g/mol. The van der Waals surface area contributed by atoms with Crippen LogP contribution in [0.25, 0.3) is 11.1 Å². The highest BCUT2D eigenvalue weighted by Crippen LogP contribution is 2.30. The summed E-state index contributed by atoms with van der Waals surface area (Å²) >= 11 is 0. The van der Waals surface area contributed by atoms with E-state index in [9.17, 15) is 4.79 Å². The molecule has 1 aliphatic heterocycles. The Labute approximate surface area is 142 Å². The Kier molecular flexibility index (Phi) is 4.73. The second kappa shape index (κ2) is 6.79. The van der Waals surface area contributed by atoms with Gasteiger partial charge in [-0.25, -0.2) is 0 Å². The highest BCUT2D eigenvalue weighted by molar-refractivity contribution is 5.68. The number of ether oxygens (including phenoxy) is 2. The molecule has 0 atom stereocenters. The van der Waals surface area contributed by atoms with Gasteiger partial charge >= 0.3 is 0 Å². The summed E-state index contributed by atoms with van der Waals surface area (Å²) in [4.78, 5) is 12.0. The number of pyridine rings is 1. The Morgan fingerprint density at radius 3 is 2.62 bits per heavy atom. The number of aromatic nitrogens is 1. The molecular formula is C19H24N2O3. The molecule has 0 amide bonds. The Balaban J connectivity index is 1.93. The maximum atomic E-state index is 12.0. The molecule has 2 heterocycles. The van der Waals surface area contributed by atoms with E-state index < -0.39 is 0 Å². The molecule has 1 aromatic heterocycles. The molecule has 2 aromatic rings. The summed E-state index contributed by atoms with van der Waals surface area (Å²) in [5.74, 6) is 0.811. The summed E-state index contributed by atoms with van der Waals surface area (Å²) in [6, 6.07) is 8.07. The predicted molar refractivity (Wildman–Crippen MR) is 94.6 cm³/mol. The van der Waals surface area contributed by atoms with Gasteiger partial charge in [0, 0.05) is 42.5 Å². The minimum absolute atomic E-state index is 0.0438. The van der Waals surface area contributed by atoms with Gasteiger partial charge in [-0.2, -0.15) is 0 Å². The van der Waals surface area contributed by atoms with E-state index in [1.807, 2.05) is 32.0 Å². The van der Waals surface area contributed by atoms with Gasteiger partial charge in [-0.1, -0.05) is 12.1 Å². The van der Waals surface area contributed by atoms with Crippen LogP contribution in [0.1, 0.15) is 16.8 Å². The summed E-state index contributed by atoms with van der Waals surface area (Å²) in [5.41, 5.74) is 4.84. The third-order valence-corrected chi connectivity index (χ3v) is 4.71. The molecule has 5 nitrogen and oxygen atoms in total. The third-order valence-electron chi connectivity index (χ3n) is 4.71. The van der Waals surface area contributed by atoms with Gasteiger partial charge in [0.2, 0.25) is 0 Å². The van der Waals surface area contributed by atoms with E-state index in [0.717, 1.165) is 46.8 Å². The second-order valence-corrected chi connectivity index (χ2v) is 6.31. The number of hydrogen-bond acceptors (Lipinski definition) is 4. The van der Waals surface area contributed by atoms with Crippen molar-refractivity contribution >= 4 is 0 Å². The number of benzene rings is 1. The Morgan fingerprint density at radius 2 is 2.00 bits per heavy atom. The zero-order valence-corrected chi connectivity index (χ0v) is 14.7. The molecule has 1 aliphatic rings. The quantitative estimate of drug-likeness (QED) is 0.914. The fraction of sp³-hybridized carbons (Fsp3) is 0.421. The number of rotatable bonds is 5. The molecule has 1 aromatic carbocycles. The van der Waals surface area contributed by atoms with E-state index in [1.54, 1.807) is 18.7 Å². The fourth-order valence-electron chi connectivity index (χ4n) is 2.89. The van der Waals surface area contributed by atoms with Crippen molar-refractivity contribution < 1.29 is 9.47 Å². The van der Waals surface area contributed by atoms with Crippen molar-refractivity contribution in [1.29, 1.82) is 0 Å². The van der Waals surface area contributed by atoms with Crippen LogP contribution in [0.5, 0.6) is 5.75 Å². The van der Waals surface area contributed by atoms with E-state index in [4.69, 9.17) is 9.47 Å². The normalized spacial score (nSPS) is 14.5. The Bertz CT molecular complexity index is 807. The summed E-state index contributed by atoms with van der Waals surface area (Å²) in [6.45, 7) is 6.18. The van der Waals surface area contributed by atoms with Crippen molar-refractivity contribution in [3.8, 4) is 16.9 Å². The van der Waals surface area contributed by atoms with Gasteiger partial charge in [0.25, 0.3) is 5.56 Å². The van der Waals surface area contributed by atoms with Crippen molar-refractivity contribution in [2.45, 2.75) is 26.6 Å². The summed E-state index contributed by atoms with van der Waals surface area (Å²) in [7, 11) is 3.48. The zero-order chi connectivity index (χ0) is 17.3. The largest absolute Gasteiger partial charge is 0.496 e. The molecule has 0 spiro atoms. The number of nitrogens with zero attached hydrogens (tertiary/aromatic N) is 1. The summed E-state index contributed by atoms with van der Waals surface area (Å²) < 4.78 is 13.1. The van der Waals surface area contributed by atoms with E-state index in [2.05, 4.69) is 11.4 Å². The molecule has 5 heteroatoms. The van der Waals surface area contributed by atoms with Crippen molar-refractivity contribution in [3.05, 3.63) is 51.4 Å². The SMILES string of the molecule is COc1cc(-c2cc(C)c(=O)n(C)c2C)ccc1COC1CNC1. The van der Waals surface area contributed by atoms with Crippen molar-refractivity contribution in [2.75, 3.05) is 20.2 Å². The molecule has 1 N–H and O–H groups in total. The molecular weight excluding hydrogens is 304 g/mol. The number of methoxy groups -OCH3 is 1.